The number of carbonyl (C=O) groups excluding carboxylic acids is 4. The van der Waals surface area contributed by atoms with Crippen LogP contribution < -0.4 is 0 Å². The van der Waals surface area contributed by atoms with Crippen LogP contribution in [0.3, 0.4) is 0 Å². The normalized spacial score (nSPS) is 14.0. The van der Waals surface area contributed by atoms with Crippen LogP contribution in [-0.4, -0.2) is 96.7 Å². The van der Waals surface area contributed by atoms with E-state index in [-0.39, 0.29) is 25.7 Å². The van der Waals surface area contributed by atoms with Gasteiger partial charge in [-0.3, -0.25) is 37.3 Å². The molecule has 0 heterocycles. The van der Waals surface area contributed by atoms with Crippen LogP contribution in [0.5, 0.6) is 0 Å². The summed E-state index contributed by atoms with van der Waals surface area (Å²) in [6.07, 6.45) is 55.5. The van der Waals surface area contributed by atoms with Crippen LogP contribution in [0, 0.1) is 11.8 Å². The van der Waals surface area contributed by atoms with Gasteiger partial charge in [0.25, 0.3) is 0 Å². The summed E-state index contributed by atoms with van der Waals surface area (Å²) in [4.78, 5) is 72.7. The Morgan fingerprint density at radius 3 is 0.716 bits per heavy atom. The Morgan fingerprint density at radius 2 is 0.484 bits per heavy atom. The van der Waals surface area contributed by atoms with E-state index in [0.29, 0.717) is 25.7 Å². The van der Waals surface area contributed by atoms with Gasteiger partial charge in [-0.1, -0.05) is 343 Å². The zero-order chi connectivity index (χ0) is 70.0. The Morgan fingerprint density at radius 1 is 0.284 bits per heavy atom. The maximum atomic E-state index is 13.1. The fourth-order valence-electron chi connectivity index (χ4n) is 11.7. The average Bonchev–Trinajstić information content (AvgIpc) is 2.34. The summed E-state index contributed by atoms with van der Waals surface area (Å²) < 4.78 is 68.5. The van der Waals surface area contributed by atoms with Crippen molar-refractivity contribution in [2.24, 2.45) is 11.8 Å². The van der Waals surface area contributed by atoms with E-state index in [9.17, 15) is 43.2 Å². The van der Waals surface area contributed by atoms with Crippen molar-refractivity contribution in [1.82, 2.24) is 0 Å². The third kappa shape index (κ3) is 70.3. The third-order valence-corrected chi connectivity index (χ3v) is 19.6. The lowest BCUT2D eigenvalue weighted by Crippen LogP contribution is -2.30. The van der Waals surface area contributed by atoms with Crippen LogP contribution in [0.25, 0.3) is 0 Å². The zero-order valence-electron chi connectivity index (χ0n) is 62.0. The molecule has 0 fully saturated rings. The summed E-state index contributed by atoms with van der Waals surface area (Å²) in [7, 11) is -9.91. The van der Waals surface area contributed by atoms with Gasteiger partial charge in [0.15, 0.2) is 12.2 Å². The van der Waals surface area contributed by atoms with Crippen molar-refractivity contribution in [2.45, 2.75) is 413 Å². The van der Waals surface area contributed by atoms with E-state index in [2.05, 4.69) is 41.5 Å². The van der Waals surface area contributed by atoms with Crippen molar-refractivity contribution in [2.75, 3.05) is 39.6 Å². The number of hydrogen-bond acceptors (Lipinski definition) is 15. The SMILES string of the molecule is CCCCCCCCCCCCCCC(=O)O[C@H](COC(=O)CCCCCCCCCCC)COP(=O)(O)OC[C@H](O)COP(=O)(O)OC[C@@H](COC(=O)CCCCCCCCCCCCC(C)C)OC(=O)CCCCCCCCCCCCCCCCCCCCC(C)C. The van der Waals surface area contributed by atoms with Gasteiger partial charge in [-0.2, -0.15) is 0 Å². The number of carbonyl (C=O) groups is 4. The number of phosphoric acid groups is 2. The molecule has 3 N–H and O–H groups in total. The molecular formula is C76H148O17P2. The lowest BCUT2D eigenvalue weighted by Gasteiger charge is -2.21. The number of hydrogen-bond donors (Lipinski definition) is 3. The summed E-state index contributed by atoms with van der Waals surface area (Å²) in [5.74, 6) is -0.537. The maximum Gasteiger partial charge on any atom is 0.472 e. The fraction of sp³-hybridized carbons (Fsp3) is 0.947. The molecule has 0 spiro atoms. The summed E-state index contributed by atoms with van der Waals surface area (Å²) in [6.45, 7) is 9.61. The molecule has 0 aromatic carbocycles. The molecule has 0 aromatic rings. The molecule has 0 aromatic heterocycles. The number of unbranched alkanes of at least 4 members (excludes halogenated alkanes) is 45. The highest BCUT2D eigenvalue weighted by Crippen LogP contribution is 2.45. The minimum absolute atomic E-state index is 0.107. The van der Waals surface area contributed by atoms with E-state index in [1.54, 1.807) is 0 Å². The molecule has 0 aliphatic rings. The second-order valence-electron chi connectivity index (χ2n) is 28.3. The van der Waals surface area contributed by atoms with Crippen molar-refractivity contribution in [3.05, 3.63) is 0 Å². The zero-order valence-corrected chi connectivity index (χ0v) is 63.8. The molecule has 564 valence electrons. The predicted octanol–water partition coefficient (Wildman–Crippen LogP) is 22.3. The fourth-order valence-corrected chi connectivity index (χ4v) is 13.2. The van der Waals surface area contributed by atoms with Crippen molar-refractivity contribution < 1.29 is 80.2 Å². The molecule has 0 radical (unpaired) electrons. The summed E-state index contributed by atoms with van der Waals surface area (Å²) >= 11 is 0. The van der Waals surface area contributed by atoms with Gasteiger partial charge in [0.1, 0.15) is 19.3 Å². The number of rotatable bonds is 75. The van der Waals surface area contributed by atoms with Crippen molar-refractivity contribution in [1.29, 1.82) is 0 Å². The Balaban J connectivity index is 5.19. The molecule has 0 aliphatic carbocycles. The molecule has 95 heavy (non-hydrogen) atoms. The number of aliphatic hydroxyl groups is 1. The van der Waals surface area contributed by atoms with Gasteiger partial charge in [0.05, 0.1) is 26.4 Å². The highest BCUT2D eigenvalue weighted by molar-refractivity contribution is 7.47. The lowest BCUT2D eigenvalue weighted by atomic mass is 10.0. The summed E-state index contributed by atoms with van der Waals surface area (Å²) in [5.41, 5.74) is 0. The Labute approximate surface area is 581 Å². The van der Waals surface area contributed by atoms with Crippen molar-refractivity contribution in [3.8, 4) is 0 Å². The van der Waals surface area contributed by atoms with E-state index in [4.69, 9.17) is 37.0 Å². The van der Waals surface area contributed by atoms with Crippen LogP contribution in [0.2, 0.25) is 0 Å². The number of aliphatic hydroxyl groups excluding tert-OH is 1. The molecule has 19 heteroatoms. The minimum atomic E-state index is -4.96. The first-order chi connectivity index (χ1) is 45.9. The van der Waals surface area contributed by atoms with Crippen LogP contribution in [0.4, 0.5) is 0 Å². The van der Waals surface area contributed by atoms with Gasteiger partial charge in [0, 0.05) is 25.7 Å². The monoisotopic (exact) mass is 1400 g/mol. The van der Waals surface area contributed by atoms with E-state index in [0.717, 1.165) is 102 Å². The highest BCUT2D eigenvalue weighted by Gasteiger charge is 2.30. The molecule has 0 rings (SSSR count). The van der Waals surface area contributed by atoms with Crippen LogP contribution in [0.1, 0.15) is 395 Å². The van der Waals surface area contributed by atoms with E-state index >= 15 is 0 Å². The Bertz CT molecular complexity index is 1840. The molecule has 0 saturated heterocycles. The first-order valence-corrected chi connectivity index (χ1v) is 42.5. The average molecular weight is 1400 g/mol. The van der Waals surface area contributed by atoms with Crippen LogP contribution in [-0.2, 0) is 65.4 Å². The van der Waals surface area contributed by atoms with Crippen LogP contribution >= 0.6 is 15.6 Å². The largest absolute Gasteiger partial charge is 0.472 e. The lowest BCUT2D eigenvalue weighted by molar-refractivity contribution is -0.161. The molecule has 5 atom stereocenters. The van der Waals surface area contributed by atoms with Gasteiger partial charge in [-0.05, 0) is 37.5 Å². The third-order valence-electron chi connectivity index (χ3n) is 17.7. The summed E-state index contributed by atoms with van der Waals surface area (Å²) in [5, 5.41) is 10.6. The molecule has 0 saturated carbocycles. The minimum Gasteiger partial charge on any atom is -0.462 e. The van der Waals surface area contributed by atoms with E-state index < -0.39 is 97.5 Å². The van der Waals surface area contributed by atoms with Gasteiger partial charge >= 0.3 is 39.5 Å². The number of phosphoric ester groups is 2. The van der Waals surface area contributed by atoms with E-state index in [1.165, 1.54) is 212 Å². The molecule has 0 aliphatic heterocycles. The Kier molecular flexibility index (Phi) is 66.5. The van der Waals surface area contributed by atoms with Crippen LogP contribution in [0.15, 0.2) is 0 Å². The first kappa shape index (κ1) is 93.1. The van der Waals surface area contributed by atoms with Crippen molar-refractivity contribution >= 4 is 39.5 Å². The second-order valence-corrected chi connectivity index (χ2v) is 31.3. The van der Waals surface area contributed by atoms with Gasteiger partial charge < -0.3 is 33.8 Å². The number of esters is 4. The number of ether oxygens (including phenoxy) is 4. The molecule has 0 bridgehead atoms. The predicted molar refractivity (Wildman–Crippen MR) is 386 cm³/mol. The summed E-state index contributed by atoms with van der Waals surface area (Å²) in [6, 6.07) is 0. The topological polar surface area (TPSA) is 237 Å². The van der Waals surface area contributed by atoms with E-state index in [1.807, 2.05) is 0 Å². The standard InChI is InChI=1S/C76H148O17P2/c1-7-9-11-13-15-17-18-28-36-42-48-54-60-75(80)92-71(64-86-73(78)58-52-46-40-32-16-14-12-10-8-2)66-90-94(82,83)88-62-70(77)63-89-95(84,85)91-67-72(65-87-74(79)59-53-47-41-35-31-30-34-39-45-51-57-69(5)6)93-76(81)61-55-49-43-37-29-26-24-22-20-19-21-23-25-27-33-38-44-50-56-68(3)4/h68-72,77H,7-67H2,1-6H3,(H,82,83)(H,84,85)/t70-,71+,72+/m0/s1. The first-order valence-electron chi connectivity index (χ1n) is 39.5. The van der Waals surface area contributed by atoms with Crippen molar-refractivity contribution in [3.63, 3.8) is 0 Å². The molecule has 17 nitrogen and oxygen atoms in total. The Hall–Kier alpha value is -1.94. The molecular weight excluding hydrogens is 1250 g/mol. The highest BCUT2D eigenvalue weighted by atomic mass is 31.2. The molecule has 0 amide bonds. The van der Waals surface area contributed by atoms with Gasteiger partial charge in [-0.15, -0.1) is 0 Å². The molecule has 2 unspecified atom stereocenters. The maximum absolute atomic E-state index is 13.1. The second kappa shape index (κ2) is 67.9. The van der Waals surface area contributed by atoms with Gasteiger partial charge in [-0.25, -0.2) is 9.13 Å². The quantitative estimate of drug-likeness (QED) is 0.0222. The smallest absolute Gasteiger partial charge is 0.462 e. The van der Waals surface area contributed by atoms with Gasteiger partial charge in [0.2, 0.25) is 0 Å².